The number of hydrogen-bond donors (Lipinski definition) is 0. The second-order valence-electron chi connectivity index (χ2n) is 0.447. The Morgan fingerprint density at radius 3 is 1.00 bits per heavy atom. The van der Waals surface area contributed by atoms with Gasteiger partial charge in [0, 0.05) is 0 Å². The third-order valence-electron chi connectivity index (χ3n) is 0. The average molecular weight is 360 g/mol. The van der Waals surface area contributed by atoms with E-state index in [0.29, 0.717) is 0 Å². The summed E-state index contributed by atoms with van der Waals surface area (Å²) >= 11 is 0. The zero-order chi connectivity index (χ0) is 4.50. The van der Waals surface area contributed by atoms with Crippen LogP contribution in [0.25, 0.3) is 0 Å². The van der Waals surface area contributed by atoms with Crippen LogP contribution < -0.4 is 66.1 Å². The smallest absolute Gasteiger partial charge is 0.822 e. The monoisotopic (exact) mass is 362 g/mol. The molecule has 0 atom stereocenters. The molecule has 6 nitrogen and oxygen atoms in total. The molecular weight excluding hydrogens is 356 g/mol. The second kappa shape index (κ2) is 12.9. The van der Waals surface area contributed by atoms with Crippen LogP contribution in [-0.4, -0.2) is 11.0 Å². The van der Waals surface area contributed by atoms with Gasteiger partial charge >= 0.3 is 71.2 Å². The first-order chi connectivity index (χ1) is 2.00. The minimum atomic E-state index is -5.39. The van der Waals surface area contributed by atoms with Crippen molar-refractivity contribution in [1.82, 2.24) is 0 Å². The van der Waals surface area contributed by atoms with E-state index in [4.69, 9.17) is 19.2 Å². The van der Waals surface area contributed by atoms with Gasteiger partial charge in [-0.25, -0.2) is 0 Å². The molecule has 52 valence electrons. The van der Waals surface area contributed by atoms with E-state index < -0.39 is 7.82 Å². The predicted octanol–water partition coefficient (Wildman–Crippen LogP) is -7.47. The van der Waals surface area contributed by atoms with Gasteiger partial charge in [0.25, 0.3) is 0 Å². The molecule has 0 aromatic rings. The van der Waals surface area contributed by atoms with Gasteiger partial charge in [-0.1, -0.05) is 0 Å². The molecule has 0 aliphatic carbocycles. The molecule has 0 heterocycles. The molecule has 0 saturated carbocycles. The fourth-order valence-electron chi connectivity index (χ4n) is 0. The zero-order valence-electron chi connectivity index (χ0n) is 4.43. The molecule has 0 saturated heterocycles. The van der Waals surface area contributed by atoms with Crippen LogP contribution in [-0.2, 0) is 24.4 Å². The summed E-state index contributed by atoms with van der Waals surface area (Å²) in [5.74, 6) is 0. The summed E-state index contributed by atoms with van der Waals surface area (Å²) in [6.07, 6.45) is 0. The second-order valence-corrected chi connectivity index (χ2v) is 1.34. The maximum Gasteiger partial charge on any atom is 4.00 e. The van der Waals surface area contributed by atoms with Crippen molar-refractivity contribution in [3.05, 3.63) is 0 Å². The van der Waals surface area contributed by atoms with Gasteiger partial charge in [0.1, 0.15) is 0 Å². The summed E-state index contributed by atoms with van der Waals surface area (Å²) in [6.45, 7) is 0. The van der Waals surface area contributed by atoms with Crippen LogP contribution in [0, 0.1) is 0 Å². The first-order valence-corrected chi connectivity index (χ1v) is 2.19. The van der Waals surface area contributed by atoms with E-state index in [1.54, 1.807) is 0 Å². The van der Waals surface area contributed by atoms with Gasteiger partial charge in [-0.2, -0.15) is 7.82 Å². The molecule has 9 heavy (non-hydrogen) atoms. The van der Waals surface area contributed by atoms with Crippen molar-refractivity contribution in [2.24, 2.45) is 0 Å². The normalized spacial score (nSPS) is 6.56. The van der Waals surface area contributed by atoms with Crippen molar-refractivity contribution >= 4 is 7.82 Å². The molecular formula is H4KO6OsP+2. The van der Waals surface area contributed by atoms with E-state index in [1.807, 2.05) is 0 Å². The number of phosphoric acid groups is 1. The van der Waals surface area contributed by atoms with E-state index in [0.717, 1.165) is 0 Å². The Kier molecular flexibility index (Phi) is 43.4. The van der Waals surface area contributed by atoms with Gasteiger partial charge in [0.2, 0.25) is 0 Å². The maximum absolute atomic E-state index is 8.55. The minimum absolute atomic E-state index is 0. The van der Waals surface area contributed by atoms with E-state index >= 15 is 0 Å². The molecule has 0 rings (SSSR count). The fourth-order valence-corrected chi connectivity index (χ4v) is 0. The van der Waals surface area contributed by atoms with Crippen LogP contribution in [0.1, 0.15) is 0 Å². The van der Waals surface area contributed by atoms with Gasteiger partial charge in [-0.15, -0.1) is 0 Å². The van der Waals surface area contributed by atoms with E-state index in [9.17, 15) is 0 Å². The quantitative estimate of drug-likeness (QED) is 0.311. The van der Waals surface area contributed by atoms with Crippen molar-refractivity contribution in [1.29, 1.82) is 0 Å². The Morgan fingerprint density at radius 1 is 1.00 bits per heavy atom. The molecule has 0 amide bonds. The Balaban J connectivity index is -0.0000000133. The standard InChI is InChI=1S/K.H3O4P.2H2O.Os/c;1-5(2,3)4;;;/h;(H3,1,2,3,4);2*1H2;/q+1;;;;+4/p-3. The molecule has 0 aromatic carbocycles. The summed E-state index contributed by atoms with van der Waals surface area (Å²) in [5.41, 5.74) is 0. The van der Waals surface area contributed by atoms with Gasteiger partial charge in [-0.05, 0) is 0 Å². The van der Waals surface area contributed by atoms with Crippen molar-refractivity contribution in [2.45, 2.75) is 0 Å². The molecule has 9 heteroatoms. The van der Waals surface area contributed by atoms with E-state index in [2.05, 4.69) is 0 Å². The topological polar surface area (TPSA) is 149 Å². The molecule has 0 spiro atoms. The Morgan fingerprint density at radius 2 is 1.00 bits per heavy atom. The van der Waals surface area contributed by atoms with Crippen LogP contribution in [0.2, 0.25) is 0 Å². The van der Waals surface area contributed by atoms with Crippen LogP contribution in [0.3, 0.4) is 0 Å². The summed E-state index contributed by atoms with van der Waals surface area (Å²) < 4.78 is 8.55. The summed E-state index contributed by atoms with van der Waals surface area (Å²) in [6, 6.07) is 0. The molecule has 0 radical (unpaired) electrons. The Bertz CT molecular complexity index is 59.2. The first kappa shape index (κ1) is 30.2. The average Bonchev–Trinajstić information content (AvgIpc) is 0.722. The number of rotatable bonds is 0. The third-order valence-corrected chi connectivity index (χ3v) is 0. The largest absolute Gasteiger partial charge is 4.00 e. The van der Waals surface area contributed by atoms with Gasteiger partial charge in [0.15, 0.2) is 0 Å². The van der Waals surface area contributed by atoms with Gasteiger partial charge in [-0.3, -0.25) is 0 Å². The Hall–Kier alpha value is 2.30. The Labute approximate surface area is 107 Å². The van der Waals surface area contributed by atoms with Crippen LogP contribution in [0.15, 0.2) is 0 Å². The van der Waals surface area contributed by atoms with Crippen molar-refractivity contribution < 1.29 is 101 Å². The molecule has 0 aliphatic heterocycles. The first-order valence-electron chi connectivity index (χ1n) is 0.730. The van der Waals surface area contributed by atoms with Gasteiger partial charge in [0.05, 0.1) is 0 Å². The molecule has 0 aromatic heterocycles. The third kappa shape index (κ3) is 134. The van der Waals surface area contributed by atoms with Gasteiger partial charge < -0.3 is 30.2 Å². The molecule has 0 aliphatic rings. The molecule has 0 bridgehead atoms. The summed E-state index contributed by atoms with van der Waals surface area (Å²) in [7, 11) is -5.39. The predicted molar refractivity (Wildman–Crippen MR) is 14.8 cm³/mol. The molecule has 0 unspecified atom stereocenters. The van der Waals surface area contributed by atoms with Crippen LogP contribution in [0.4, 0.5) is 0 Å². The summed E-state index contributed by atoms with van der Waals surface area (Å²) in [5, 5.41) is 0. The van der Waals surface area contributed by atoms with E-state index in [1.165, 1.54) is 0 Å². The summed E-state index contributed by atoms with van der Waals surface area (Å²) in [4.78, 5) is 25.6. The minimum Gasteiger partial charge on any atom is -0.822 e. The maximum atomic E-state index is 8.55. The zero-order valence-corrected chi connectivity index (χ0v) is 11.0. The van der Waals surface area contributed by atoms with Crippen molar-refractivity contribution in [3.8, 4) is 0 Å². The number of hydrogen-bond acceptors (Lipinski definition) is 4. The van der Waals surface area contributed by atoms with Crippen LogP contribution in [0.5, 0.6) is 0 Å². The van der Waals surface area contributed by atoms with Crippen molar-refractivity contribution in [2.75, 3.05) is 0 Å². The van der Waals surface area contributed by atoms with Crippen molar-refractivity contribution in [3.63, 3.8) is 0 Å². The molecule has 0 fully saturated rings. The molecule has 4 N–H and O–H groups in total. The van der Waals surface area contributed by atoms with Crippen LogP contribution >= 0.6 is 7.82 Å². The fraction of sp³-hybridized carbons (Fsp3) is 0. The SMILES string of the molecule is O.O.O=P([O-])([O-])[O-].[K+].[Os+4]. The van der Waals surface area contributed by atoms with E-state index in [-0.39, 0.29) is 82.1 Å².